The van der Waals surface area contributed by atoms with Crippen molar-refractivity contribution in [1.82, 2.24) is 0 Å². The minimum absolute atomic E-state index is 0.313. The van der Waals surface area contributed by atoms with Crippen LogP contribution in [0.15, 0.2) is 48.5 Å². The van der Waals surface area contributed by atoms with E-state index in [2.05, 4.69) is 5.32 Å². The first-order valence-electron chi connectivity index (χ1n) is 7.85. The molecule has 25 heavy (non-hydrogen) atoms. The Labute approximate surface area is 151 Å². The van der Waals surface area contributed by atoms with Crippen LogP contribution >= 0.6 is 11.6 Å². The molecule has 0 fully saturated rings. The summed E-state index contributed by atoms with van der Waals surface area (Å²) in [6.45, 7) is 5.40. The van der Waals surface area contributed by atoms with Gasteiger partial charge in [-0.05, 0) is 69.3 Å². The number of carbonyl (C=O) groups is 2. The Bertz CT molecular complexity index is 739. The van der Waals surface area contributed by atoms with Crippen LogP contribution in [-0.4, -0.2) is 24.1 Å². The molecule has 0 spiro atoms. The first-order chi connectivity index (χ1) is 11.8. The lowest BCUT2D eigenvalue weighted by molar-refractivity contribution is -0.128. The number of esters is 1. The van der Waals surface area contributed by atoms with Crippen LogP contribution in [0.25, 0.3) is 0 Å². The van der Waals surface area contributed by atoms with Crippen molar-refractivity contribution < 1.29 is 19.1 Å². The van der Waals surface area contributed by atoms with Gasteiger partial charge in [-0.15, -0.1) is 0 Å². The van der Waals surface area contributed by atoms with E-state index in [9.17, 15) is 9.59 Å². The van der Waals surface area contributed by atoms with Crippen LogP contribution in [0.5, 0.6) is 5.75 Å². The molecule has 0 saturated carbocycles. The summed E-state index contributed by atoms with van der Waals surface area (Å²) in [7, 11) is 0. The molecule has 0 bridgehead atoms. The second-order valence-electron chi connectivity index (χ2n) is 5.82. The minimum atomic E-state index is -1.09. The molecular weight excluding hydrogens is 342 g/mol. The average molecular weight is 362 g/mol. The van der Waals surface area contributed by atoms with Crippen molar-refractivity contribution >= 4 is 29.2 Å². The molecule has 0 heterocycles. The van der Waals surface area contributed by atoms with Gasteiger partial charge in [-0.25, -0.2) is 4.79 Å². The molecule has 0 aliphatic rings. The third-order valence-electron chi connectivity index (χ3n) is 3.39. The highest BCUT2D eigenvalue weighted by molar-refractivity contribution is 6.30. The Hall–Kier alpha value is -2.53. The second-order valence-corrected chi connectivity index (χ2v) is 6.25. The number of carbonyl (C=O) groups excluding carboxylic acids is 2. The molecule has 2 rings (SSSR count). The lowest BCUT2D eigenvalue weighted by Gasteiger charge is -2.25. The number of benzene rings is 2. The van der Waals surface area contributed by atoms with E-state index in [-0.39, 0.29) is 5.91 Å². The standard InChI is InChI=1S/C19H20ClNO4/c1-4-24-17(22)13-5-9-15(10-6-13)21-18(23)19(2,3)25-16-11-7-14(20)8-12-16/h5-12H,4H2,1-3H3,(H,21,23). The zero-order valence-electron chi connectivity index (χ0n) is 14.3. The minimum Gasteiger partial charge on any atom is -0.478 e. The van der Waals surface area contributed by atoms with E-state index in [1.165, 1.54) is 0 Å². The molecule has 0 aromatic heterocycles. The molecule has 132 valence electrons. The largest absolute Gasteiger partial charge is 0.478 e. The summed E-state index contributed by atoms with van der Waals surface area (Å²) in [4.78, 5) is 24.1. The molecule has 5 nitrogen and oxygen atoms in total. The van der Waals surface area contributed by atoms with Crippen LogP contribution in [0.2, 0.25) is 5.02 Å². The van der Waals surface area contributed by atoms with Gasteiger partial charge in [-0.3, -0.25) is 4.79 Å². The summed E-state index contributed by atoms with van der Waals surface area (Å²) in [5.74, 6) is -0.166. The predicted molar refractivity (Wildman–Crippen MR) is 97.2 cm³/mol. The van der Waals surface area contributed by atoms with Crippen molar-refractivity contribution in [3.8, 4) is 5.75 Å². The molecule has 2 aromatic rings. The summed E-state index contributed by atoms with van der Waals surface area (Å²) in [6, 6.07) is 13.3. The number of nitrogens with one attached hydrogen (secondary N) is 1. The van der Waals surface area contributed by atoms with E-state index in [4.69, 9.17) is 21.1 Å². The van der Waals surface area contributed by atoms with Gasteiger partial charge in [0.25, 0.3) is 5.91 Å². The summed E-state index contributed by atoms with van der Waals surface area (Å²) >= 11 is 5.84. The number of hydrogen-bond donors (Lipinski definition) is 1. The maximum Gasteiger partial charge on any atom is 0.338 e. The quantitative estimate of drug-likeness (QED) is 0.778. The van der Waals surface area contributed by atoms with Crippen molar-refractivity contribution in [3.63, 3.8) is 0 Å². The Morgan fingerprint density at radius 3 is 2.20 bits per heavy atom. The fourth-order valence-electron chi connectivity index (χ4n) is 2.03. The highest BCUT2D eigenvalue weighted by atomic mass is 35.5. The van der Waals surface area contributed by atoms with Crippen LogP contribution < -0.4 is 10.1 Å². The van der Waals surface area contributed by atoms with Crippen molar-refractivity contribution in [2.75, 3.05) is 11.9 Å². The van der Waals surface area contributed by atoms with Crippen LogP contribution in [0, 0.1) is 0 Å². The van der Waals surface area contributed by atoms with Gasteiger partial charge in [0.05, 0.1) is 12.2 Å². The fourth-order valence-corrected chi connectivity index (χ4v) is 2.16. The third-order valence-corrected chi connectivity index (χ3v) is 3.64. The topological polar surface area (TPSA) is 64.6 Å². The molecule has 0 atom stereocenters. The Balaban J connectivity index is 2.02. The molecule has 0 aliphatic heterocycles. The maximum atomic E-state index is 12.5. The van der Waals surface area contributed by atoms with Crippen LogP contribution in [0.3, 0.4) is 0 Å². The molecule has 1 N–H and O–H groups in total. The van der Waals surface area contributed by atoms with Gasteiger partial charge in [0, 0.05) is 10.7 Å². The SMILES string of the molecule is CCOC(=O)c1ccc(NC(=O)C(C)(C)Oc2ccc(Cl)cc2)cc1. The Morgan fingerprint density at radius 2 is 1.64 bits per heavy atom. The molecule has 2 aromatic carbocycles. The Kier molecular flexibility index (Phi) is 6.04. The molecule has 0 saturated heterocycles. The van der Waals surface area contributed by atoms with E-state index in [1.54, 1.807) is 69.3 Å². The normalized spacial score (nSPS) is 10.9. The highest BCUT2D eigenvalue weighted by Gasteiger charge is 2.30. The fraction of sp³-hybridized carbons (Fsp3) is 0.263. The summed E-state index contributed by atoms with van der Waals surface area (Å²) < 4.78 is 10.7. The lowest BCUT2D eigenvalue weighted by Crippen LogP contribution is -2.42. The van der Waals surface area contributed by atoms with Gasteiger partial charge < -0.3 is 14.8 Å². The first kappa shape index (κ1) is 18.8. The number of amides is 1. The van der Waals surface area contributed by atoms with E-state index in [0.29, 0.717) is 28.6 Å². The number of ether oxygens (including phenoxy) is 2. The molecule has 6 heteroatoms. The number of halogens is 1. The van der Waals surface area contributed by atoms with Crippen molar-refractivity contribution in [1.29, 1.82) is 0 Å². The zero-order valence-corrected chi connectivity index (χ0v) is 15.1. The van der Waals surface area contributed by atoms with Crippen molar-refractivity contribution in [2.24, 2.45) is 0 Å². The van der Waals surface area contributed by atoms with Crippen molar-refractivity contribution in [3.05, 3.63) is 59.1 Å². The van der Waals surface area contributed by atoms with E-state index in [0.717, 1.165) is 0 Å². The van der Waals surface area contributed by atoms with E-state index >= 15 is 0 Å². The van der Waals surface area contributed by atoms with Crippen LogP contribution in [-0.2, 0) is 9.53 Å². The number of hydrogen-bond acceptors (Lipinski definition) is 4. The van der Waals surface area contributed by atoms with Gasteiger partial charge in [-0.2, -0.15) is 0 Å². The monoisotopic (exact) mass is 361 g/mol. The van der Waals surface area contributed by atoms with Gasteiger partial charge >= 0.3 is 5.97 Å². The first-order valence-corrected chi connectivity index (χ1v) is 8.23. The highest BCUT2D eigenvalue weighted by Crippen LogP contribution is 2.22. The van der Waals surface area contributed by atoms with Crippen LogP contribution in [0.4, 0.5) is 5.69 Å². The zero-order chi connectivity index (χ0) is 18.4. The predicted octanol–water partition coefficient (Wildman–Crippen LogP) is 4.31. The average Bonchev–Trinajstić information content (AvgIpc) is 2.57. The molecule has 0 aliphatic carbocycles. The smallest absolute Gasteiger partial charge is 0.338 e. The summed E-state index contributed by atoms with van der Waals surface area (Å²) in [6.07, 6.45) is 0. The van der Waals surface area contributed by atoms with Gasteiger partial charge in [0.15, 0.2) is 5.60 Å². The molecule has 0 unspecified atom stereocenters. The Morgan fingerprint density at radius 1 is 1.04 bits per heavy atom. The second kappa shape index (κ2) is 8.03. The van der Waals surface area contributed by atoms with Crippen molar-refractivity contribution in [2.45, 2.75) is 26.4 Å². The van der Waals surface area contributed by atoms with E-state index < -0.39 is 11.6 Å². The lowest BCUT2D eigenvalue weighted by atomic mass is 10.1. The van der Waals surface area contributed by atoms with Gasteiger partial charge in [0.1, 0.15) is 5.75 Å². The van der Waals surface area contributed by atoms with Crippen LogP contribution in [0.1, 0.15) is 31.1 Å². The molecular formula is C19H20ClNO4. The number of rotatable bonds is 6. The third kappa shape index (κ3) is 5.22. The summed E-state index contributed by atoms with van der Waals surface area (Å²) in [5.41, 5.74) is -0.101. The molecule has 1 amide bonds. The van der Waals surface area contributed by atoms with Gasteiger partial charge in [-0.1, -0.05) is 11.6 Å². The summed E-state index contributed by atoms with van der Waals surface area (Å²) in [5, 5.41) is 3.36. The molecule has 0 radical (unpaired) electrons. The number of anilines is 1. The van der Waals surface area contributed by atoms with Gasteiger partial charge in [0.2, 0.25) is 0 Å². The van der Waals surface area contributed by atoms with E-state index in [1.807, 2.05) is 0 Å². The maximum absolute atomic E-state index is 12.5.